The number of anilines is 1. The lowest BCUT2D eigenvalue weighted by atomic mass is 10.3. The Bertz CT molecular complexity index is 651. The molecule has 0 unspecified atom stereocenters. The Morgan fingerprint density at radius 2 is 1.84 bits per heavy atom. The maximum absolute atomic E-state index is 12.7. The quantitative estimate of drug-likeness (QED) is 0.891. The fraction of sp³-hybridized carbons (Fsp3) is 0.167. The number of sulfonamides is 1. The molecular formula is C12H13FN2O2S2. The normalized spacial score (nSPS) is 11.5. The lowest BCUT2D eigenvalue weighted by molar-refractivity contribution is 0.603. The van der Waals surface area contributed by atoms with Crippen molar-refractivity contribution in [3.8, 4) is 0 Å². The van der Waals surface area contributed by atoms with Crippen LogP contribution in [-0.4, -0.2) is 15.5 Å². The molecule has 0 saturated carbocycles. The Hall–Kier alpha value is -1.44. The van der Waals surface area contributed by atoms with Gasteiger partial charge in [0.15, 0.2) is 0 Å². The van der Waals surface area contributed by atoms with E-state index in [0.29, 0.717) is 12.2 Å². The van der Waals surface area contributed by atoms with E-state index in [1.54, 1.807) is 19.2 Å². The highest BCUT2D eigenvalue weighted by Crippen LogP contribution is 2.24. The summed E-state index contributed by atoms with van der Waals surface area (Å²) in [5, 5.41) is 2.96. The molecule has 0 amide bonds. The number of thiophene rings is 1. The van der Waals surface area contributed by atoms with Crippen LogP contribution in [0, 0.1) is 5.82 Å². The van der Waals surface area contributed by atoms with Crippen molar-refractivity contribution in [3.05, 3.63) is 47.1 Å². The van der Waals surface area contributed by atoms with Crippen LogP contribution in [0.5, 0.6) is 0 Å². The van der Waals surface area contributed by atoms with Crippen LogP contribution in [0.2, 0.25) is 0 Å². The molecule has 0 bridgehead atoms. The summed E-state index contributed by atoms with van der Waals surface area (Å²) in [6, 6.07) is 8.50. The first-order valence-electron chi connectivity index (χ1n) is 5.53. The summed E-state index contributed by atoms with van der Waals surface area (Å²) in [5.41, 5.74) is 0.338. The Balaban J connectivity index is 2.19. The van der Waals surface area contributed by atoms with E-state index in [1.807, 2.05) is 0 Å². The van der Waals surface area contributed by atoms with Crippen LogP contribution < -0.4 is 10.0 Å². The molecule has 2 aromatic rings. The van der Waals surface area contributed by atoms with Crippen molar-refractivity contribution >= 4 is 27.0 Å². The summed E-state index contributed by atoms with van der Waals surface area (Å²) in [5.74, 6) is -0.407. The summed E-state index contributed by atoms with van der Waals surface area (Å²) in [7, 11) is -1.81. The van der Waals surface area contributed by atoms with E-state index in [1.165, 1.54) is 35.6 Å². The van der Waals surface area contributed by atoms with E-state index in [2.05, 4.69) is 10.0 Å². The molecule has 0 aliphatic heterocycles. The fourth-order valence-corrected chi connectivity index (χ4v) is 3.92. The van der Waals surface area contributed by atoms with Crippen LogP contribution in [0.25, 0.3) is 0 Å². The third-order valence-corrected chi connectivity index (χ3v) is 5.31. The van der Waals surface area contributed by atoms with Gasteiger partial charge in [-0.3, -0.25) is 4.72 Å². The van der Waals surface area contributed by atoms with Gasteiger partial charge in [0.1, 0.15) is 10.0 Å². The van der Waals surface area contributed by atoms with Gasteiger partial charge in [0.2, 0.25) is 0 Å². The third kappa shape index (κ3) is 3.52. The first-order chi connectivity index (χ1) is 9.01. The number of halogens is 1. The largest absolute Gasteiger partial charge is 0.315 e. The minimum Gasteiger partial charge on any atom is -0.315 e. The molecule has 1 heterocycles. The molecule has 0 spiro atoms. The molecule has 0 aliphatic carbocycles. The molecule has 1 aromatic heterocycles. The Labute approximate surface area is 115 Å². The highest BCUT2D eigenvalue weighted by atomic mass is 32.2. The van der Waals surface area contributed by atoms with Gasteiger partial charge in [-0.05, 0) is 43.4 Å². The van der Waals surface area contributed by atoms with Gasteiger partial charge >= 0.3 is 0 Å². The van der Waals surface area contributed by atoms with Crippen LogP contribution >= 0.6 is 11.3 Å². The second-order valence-electron chi connectivity index (χ2n) is 3.86. The molecule has 102 valence electrons. The molecule has 7 heteroatoms. The fourth-order valence-electron chi connectivity index (χ4n) is 1.50. The molecule has 0 aliphatic rings. The van der Waals surface area contributed by atoms with Crippen molar-refractivity contribution in [1.82, 2.24) is 5.32 Å². The molecule has 0 radical (unpaired) electrons. The molecule has 0 saturated heterocycles. The van der Waals surface area contributed by atoms with Gasteiger partial charge in [-0.15, -0.1) is 11.3 Å². The van der Waals surface area contributed by atoms with Gasteiger partial charge in [0, 0.05) is 17.1 Å². The highest BCUT2D eigenvalue weighted by Gasteiger charge is 2.16. The van der Waals surface area contributed by atoms with Crippen molar-refractivity contribution < 1.29 is 12.8 Å². The smallest absolute Gasteiger partial charge is 0.271 e. The first-order valence-corrected chi connectivity index (χ1v) is 7.83. The average molecular weight is 300 g/mol. The van der Waals surface area contributed by atoms with Crippen LogP contribution in [-0.2, 0) is 16.6 Å². The van der Waals surface area contributed by atoms with Crippen molar-refractivity contribution in [2.75, 3.05) is 11.8 Å². The van der Waals surface area contributed by atoms with Gasteiger partial charge < -0.3 is 5.32 Å². The zero-order chi connectivity index (χ0) is 13.9. The first kappa shape index (κ1) is 14.0. The second kappa shape index (κ2) is 5.68. The molecule has 0 atom stereocenters. The van der Waals surface area contributed by atoms with Crippen molar-refractivity contribution in [2.24, 2.45) is 0 Å². The van der Waals surface area contributed by atoms with E-state index >= 15 is 0 Å². The molecule has 2 N–H and O–H groups in total. The monoisotopic (exact) mass is 300 g/mol. The number of rotatable bonds is 5. The van der Waals surface area contributed by atoms with Crippen molar-refractivity contribution in [3.63, 3.8) is 0 Å². The zero-order valence-corrected chi connectivity index (χ0v) is 11.8. The lowest BCUT2D eigenvalue weighted by Crippen LogP contribution is -2.11. The second-order valence-corrected chi connectivity index (χ2v) is 6.94. The Morgan fingerprint density at radius 1 is 1.16 bits per heavy atom. The maximum atomic E-state index is 12.7. The SMILES string of the molecule is CNCc1ccc(S(=O)(=O)Nc2ccc(F)cc2)s1. The van der Waals surface area contributed by atoms with Crippen LogP contribution in [0.3, 0.4) is 0 Å². The predicted molar refractivity (Wildman–Crippen MR) is 74.3 cm³/mol. The lowest BCUT2D eigenvalue weighted by Gasteiger charge is -2.05. The number of nitrogens with one attached hydrogen (secondary N) is 2. The van der Waals surface area contributed by atoms with Gasteiger partial charge in [0.25, 0.3) is 10.0 Å². The number of hydrogen-bond acceptors (Lipinski definition) is 4. The summed E-state index contributed by atoms with van der Waals surface area (Å²) in [6.07, 6.45) is 0. The van der Waals surface area contributed by atoms with Gasteiger partial charge in [-0.2, -0.15) is 0 Å². The third-order valence-electron chi connectivity index (χ3n) is 2.35. The van der Waals surface area contributed by atoms with E-state index in [0.717, 1.165) is 4.88 Å². The summed E-state index contributed by atoms with van der Waals surface area (Å²) in [4.78, 5) is 0.932. The van der Waals surface area contributed by atoms with E-state index in [4.69, 9.17) is 0 Å². The predicted octanol–water partition coefficient (Wildman–Crippen LogP) is 2.41. The molecule has 2 rings (SSSR count). The van der Waals surface area contributed by atoms with E-state index < -0.39 is 15.8 Å². The maximum Gasteiger partial charge on any atom is 0.271 e. The summed E-state index contributed by atoms with van der Waals surface area (Å²) >= 11 is 1.20. The van der Waals surface area contributed by atoms with Gasteiger partial charge in [-0.25, -0.2) is 12.8 Å². The zero-order valence-electron chi connectivity index (χ0n) is 10.2. The number of hydrogen-bond donors (Lipinski definition) is 2. The number of benzene rings is 1. The summed E-state index contributed by atoms with van der Waals surface area (Å²) < 4.78 is 39.6. The van der Waals surface area contributed by atoms with Crippen LogP contribution in [0.15, 0.2) is 40.6 Å². The van der Waals surface area contributed by atoms with Crippen molar-refractivity contribution in [1.29, 1.82) is 0 Å². The van der Waals surface area contributed by atoms with Gasteiger partial charge in [0.05, 0.1) is 0 Å². The summed E-state index contributed by atoms with van der Waals surface area (Å²) in [6.45, 7) is 0.622. The van der Waals surface area contributed by atoms with Crippen LogP contribution in [0.1, 0.15) is 4.88 Å². The molecule has 0 fully saturated rings. The van der Waals surface area contributed by atoms with Crippen molar-refractivity contribution in [2.45, 2.75) is 10.8 Å². The van der Waals surface area contributed by atoms with E-state index in [9.17, 15) is 12.8 Å². The topological polar surface area (TPSA) is 58.2 Å². The molecule has 4 nitrogen and oxygen atoms in total. The van der Waals surface area contributed by atoms with Gasteiger partial charge in [-0.1, -0.05) is 0 Å². The molecular weight excluding hydrogens is 287 g/mol. The minimum absolute atomic E-state index is 0.238. The standard InChI is InChI=1S/C12H13FN2O2S2/c1-14-8-11-6-7-12(18-11)19(16,17)15-10-4-2-9(13)3-5-10/h2-7,14-15H,8H2,1H3. The highest BCUT2D eigenvalue weighted by molar-refractivity contribution is 7.94. The van der Waals surface area contributed by atoms with Crippen LogP contribution in [0.4, 0.5) is 10.1 Å². The Kier molecular flexibility index (Phi) is 4.18. The minimum atomic E-state index is -3.61. The molecule has 19 heavy (non-hydrogen) atoms. The Morgan fingerprint density at radius 3 is 2.47 bits per heavy atom. The molecule has 1 aromatic carbocycles. The van der Waals surface area contributed by atoms with E-state index in [-0.39, 0.29) is 4.21 Å². The average Bonchev–Trinajstić information content (AvgIpc) is 2.82.